The molecule has 0 amide bonds. The zero-order chi connectivity index (χ0) is 19.8. The summed E-state index contributed by atoms with van der Waals surface area (Å²) < 4.78 is 0. The first-order valence-electron chi connectivity index (χ1n) is 10.2. The summed E-state index contributed by atoms with van der Waals surface area (Å²) in [7, 11) is 0. The Labute approximate surface area is 177 Å². The van der Waals surface area contributed by atoms with Gasteiger partial charge in [0.1, 0.15) is 0 Å². The van der Waals surface area contributed by atoms with E-state index in [0.29, 0.717) is 0 Å². The summed E-state index contributed by atoms with van der Waals surface area (Å²) in [4.78, 5) is 0. The fourth-order valence-electron chi connectivity index (χ4n) is 5.18. The molecule has 0 saturated heterocycles. The summed E-state index contributed by atoms with van der Waals surface area (Å²) in [5.74, 6) is -3.29. The molecule has 1 aliphatic rings. The predicted octanol–water partition coefficient (Wildman–Crippen LogP) is 6.36. The van der Waals surface area contributed by atoms with E-state index in [4.69, 9.17) is 11.2 Å². The van der Waals surface area contributed by atoms with Crippen LogP contribution in [-0.4, -0.2) is 0 Å². The Kier molecular flexibility index (Phi) is 4.58. The summed E-state index contributed by atoms with van der Waals surface area (Å²) in [6, 6.07) is 41.4. The number of aryl methyl sites for hydroxylation is 1. The Bertz CT molecular complexity index is 1020. The van der Waals surface area contributed by atoms with Gasteiger partial charge in [0.2, 0.25) is 0 Å². The van der Waals surface area contributed by atoms with E-state index in [9.17, 15) is 0 Å². The normalized spacial score (nSPS) is 17.3. The van der Waals surface area contributed by atoms with Crippen LogP contribution in [0.4, 0.5) is 0 Å². The van der Waals surface area contributed by atoms with Crippen LogP contribution in [0.1, 0.15) is 23.2 Å². The Morgan fingerprint density at radius 3 is 1.45 bits per heavy atom. The minimum atomic E-state index is -3.29. The molecule has 5 rings (SSSR count). The molecule has 1 atom stereocenters. The van der Waals surface area contributed by atoms with E-state index in [1.54, 1.807) is 0 Å². The van der Waals surface area contributed by atoms with E-state index in [1.807, 2.05) is 0 Å². The van der Waals surface area contributed by atoms with Gasteiger partial charge in [-0.2, -0.15) is 0 Å². The quantitative estimate of drug-likeness (QED) is 0.341. The predicted molar refractivity (Wildman–Crippen MR) is 129 cm³/mol. The van der Waals surface area contributed by atoms with E-state index in [0.717, 1.165) is 12.8 Å². The van der Waals surface area contributed by atoms with Crippen LogP contribution in [0.2, 0.25) is 0 Å². The molecule has 0 N–H and O–H groups in total. The molecular formula is C27H24ClP. The van der Waals surface area contributed by atoms with Crippen LogP contribution in [0.3, 0.4) is 0 Å². The van der Waals surface area contributed by atoms with Gasteiger partial charge in [-0.3, -0.25) is 0 Å². The van der Waals surface area contributed by atoms with Crippen LogP contribution in [-0.2, 0) is 6.42 Å². The molecule has 0 bridgehead atoms. The monoisotopic (exact) mass is 414 g/mol. The standard InChI is InChI=1S/C27H24ClP/c28-29(23-13-4-1-5-14-23,24-15-6-2-7-16-24,25-17-8-3-9-18-25)27-21-20-22-12-10-11-19-26(22)27/h1-19,27H,20-21H2. The Balaban J connectivity index is 1.94. The third-order valence-electron chi connectivity index (χ3n) is 6.47. The number of fused-ring (bicyclic) bond motifs is 1. The van der Waals surface area contributed by atoms with E-state index >= 15 is 0 Å². The van der Waals surface area contributed by atoms with Gasteiger partial charge in [-0.1, -0.05) is 0 Å². The number of benzene rings is 4. The van der Waals surface area contributed by atoms with Crippen LogP contribution in [0.5, 0.6) is 0 Å². The van der Waals surface area contributed by atoms with E-state index in [2.05, 4.69) is 115 Å². The first kappa shape index (κ1) is 18.6. The molecule has 2 heteroatoms. The molecule has 1 aliphatic carbocycles. The molecule has 4 aromatic rings. The number of hydrogen-bond acceptors (Lipinski definition) is 0. The van der Waals surface area contributed by atoms with Gasteiger partial charge >= 0.3 is 178 Å². The molecule has 0 aliphatic heterocycles. The summed E-state index contributed by atoms with van der Waals surface area (Å²) >= 11 is 8.34. The molecule has 0 heterocycles. The van der Waals surface area contributed by atoms with Gasteiger partial charge in [-0.15, -0.1) is 0 Å². The van der Waals surface area contributed by atoms with Crippen LogP contribution in [0.15, 0.2) is 115 Å². The maximum atomic E-state index is 8.34. The van der Waals surface area contributed by atoms with Crippen molar-refractivity contribution in [1.82, 2.24) is 0 Å². The molecule has 1 unspecified atom stereocenters. The second kappa shape index (κ2) is 7.13. The average molecular weight is 415 g/mol. The van der Waals surface area contributed by atoms with Crippen molar-refractivity contribution in [1.29, 1.82) is 0 Å². The van der Waals surface area contributed by atoms with Crippen molar-refractivity contribution in [2.75, 3.05) is 0 Å². The van der Waals surface area contributed by atoms with Gasteiger partial charge in [-0.05, 0) is 0 Å². The van der Waals surface area contributed by atoms with Gasteiger partial charge in [0.15, 0.2) is 0 Å². The van der Waals surface area contributed by atoms with Crippen molar-refractivity contribution in [3.05, 3.63) is 126 Å². The van der Waals surface area contributed by atoms with E-state index in [1.165, 1.54) is 27.0 Å². The second-order valence-electron chi connectivity index (χ2n) is 7.83. The summed E-state index contributed by atoms with van der Waals surface area (Å²) in [5, 5.41) is 3.75. The topological polar surface area (TPSA) is 0 Å². The van der Waals surface area contributed by atoms with Crippen molar-refractivity contribution in [2.24, 2.45) is 0 Å². The molecule has 0 radical (unpaired) electrons. The first-order chi connectivity index (χ1) is 14.2. The van der Waals surface area contributed by atoms with E-state index < -0.39 is 5.96 Å². The third kappa shape index (κ3) is 2.63. The van der Waals surface area contributed by atoms with Crippen molar-refractivity contribution in [3.63, 3.8) is 0 Å². The molecular weight excluding hydrogens is 391 g/mol. The molecule has 0 fully saturated rings. The SMILES string of the molecule is ClP(c1ccccc1)(c1ccccc1)(c1ccccc1)C1CCc2ccccc21. The molecule has 0 spiro atoms. The van der Waals surface area contributed by atoms with Crippen LogP contribution >= 0.6 is 17.2 Å². The van der Waals surface area contributed by atoms with Crippen molar-refractivity contribution >= 4 is 33.1 Å². The molecule has 0 saturated carbocycles. The molecule has 4 aromatic carbocycles. The molecule has 29 heavy (non-hydrogen) atoms. The number of hydrogen-bond donors (Lipinski definition) is 0. The molecule has 0 nitrogen and oxygen atoms in total. The Hall–Kier alpha value is -2.40. The zero-order valence-electron chi connectivity index (χ0n) is 16.3. The fourth-order valence-corrected chi connectivity index (χ4v) is 12.4. The van der Waals surface area contributed by atoms with Crippen LogP contribution < -0.4 is 15.9 Å². The van der Waals surface area contributed by atoms with Gasteiger partial charge in [0.05, 0.1) is 0 Å². The summed E-state index contributed by atoms with van der Waals surface area (Å²) in [6.45, 7) is 0. The molecule has 0 aromatic heterocycles. The van der Waals surface area contributed by atoms with Gasteiger partial charge in [0.25, 0.3) is 0 Å². The second-order valence-corrected chi connectivity index (χ2v) is 14.3. The summed E-state index contributed by atoms with van der Waals surface area (Å²) in [5.41, 5.74) is 3.11. The van der Waals surface area contributed by atoms with Crippen molar-refractivity contribution in [3.8, 4) is 0 Å². The zero-order valence-corrected chi connectivity index (χ0v) is 17.9. The first-order valence-corrected chi connectivity index (χ1v) is 13.4. The molecule has 144 valence electrons. The van der Waals surface area contributed by atoms with Gasteiger partial charge < -0.3 is 0 Å². The van der Waals surface area contributed by atoms with Gasteiger partial charge in [0, 0.05) is 0 Å². The van der Waals surface area contributed by atoms with Crippen LogP contribution in [0, 0.1) is 0 Å². The fraction of sp³-hybridized carbons (Fsp3) is 0.111. The third-order valence-corrected chi connectivity index (χ3v) is 14.6. The van der Waals surface area contributed by atoms with Crippen molar-refractivity contribution in [2.45, 2.75) is 18.5 Å². The Morgan fingerprint density at radius 2 is 0.966 bits per heavy atom. The Morgan fingerprint density at radius 1 is 0.552 bits per heavy atom. The minimum absolute atomic E-state index is 0.256. The summed E-state index contributed by atoms with van der Waals surface area (Å²) in [6.07, 6.45) is 2.15. The number of halogens is 1. The average Bonchev–Trinajstić information content (AvgIpc) is 3.26. The van der Waals surface area contributed by atoms with Crippen LogP contribution in [0.25, 0.3) is 0 Å². The van der Waals surface area contributed by atoms with Crippen molar-refractivity contribution < 1.29 is 0 Å². The van der Waals surface area contributed by atoms with E-state index in [-0.39, 0.29) is 5.66 Å². The maximum absolute atomic E-state index is 8.34. The van der Waals surface area contributed by atoms with Gasteiger partial charge in [-0.25, -0.2) is 0 Å². The number of rotatable bonds is 4.